The van der Waals surface area contributed by atoms with Crippen LogP contribution in [0.3, 0.4) is 0 Å². The van der Waals surface area contributed by atoms with E-state index < -0.39 is 0 Å². The van der Waals surface area contributed by atoms with Crippen molar-refractivity contribution in [3.05, 3.63) is 29.6 Å². The number of hydrogen-bond acceptors (Lipinski definition) is 5. The van der Waals surface area contributed by atoms with Crippen molar-refractivity contribution in [2.45, 2.75) is 19.3 Å². The van der Waals surface area contributed by atoms with Crippen LogP contribution in [0.2, 0.25) is 0 Å². The molecular formula is C13H14N2O3. The maximum absolute atomic E-state index is 9.49. The number of aromatic nitrogens is 2. The fourth-order valence-corrected chi connectivity index (χ4v) is 2.04. The zero-order chi connectivity index (χ0) is 12.5. The quantitative estimate of drug-likeness (QED) is 0.880. The summed E-state index contributed by atoms with van der Waals surface area (Å²) in [4.78, 5) is 4.39. The van der Waals surface area contributed by atoms with E-state index in [0.29, 0.717) is 18.3 Å². The van der Waals surface area contributed by atoms with Crippen molar-refractivity contribution in [3.8, 4) is 17.2 Å². The summed E-state index contributed by atoms with van der Waals surface area (Å²) in [5.74, 6) is 1.69. The van der Waals surface area contributed by atoms with Gasteiger partial charge in [-0.25, -0.2) is 0 Å². The number of aromatic hydroxyl groups is 1. The number of ether oxygens (including phenoxy) is 1. The summed E-state index contributed by atoms with van der Waals surface area (Å²) >= 11 is 0. The van der Waals surface area contributed by atoms with Crippen LogP contribution >= 0.6 is 0 Å². The topological polar surface area (TPSA) is 68.4 Å². The Labute approximate surface area is 104 Å². The van der Waals surface area contributed by atoms with Gasteiger partial charge in [-0.3, -0.25) is 0 Å². The Morgan fingerprint density at radius 2 is 2.28 bits per heavy atom. The Kier molecular flexibility index (Phi) is 2.76. The molecule has 1 unspecified atom stereocenters. The molecule has 1 aliphatic rings. The smallest absolute Gasteiger partial charge is 0.257 e. The van der Waals surface area contributed by atoms with Crippen LogP contribution in [0.5, 0.6) is 5.75 Å². The second-order valence-corrected chi connectivity index (χ2v) is 4.52. The van der Waals surface area contributed by atoms with E-state index in [9.17, 15) is 5.11 Å². The highest BCUT2D eigenvalue weighted by molar-refractivity contribution is 5.56. The molecule has 0 bridgehead atoms. The number of phenolic OH excluding ortho intramolecular Hbond substituents is 1. The molecule has 1 fully saturated rings. The van der Waals surface area contributed by atoms with E-state index in [1.54, 1.807) is 12.1 Å². The summed E-state index contributed by atoms with van der Waals surface area (Å²) in [5, 5.41) is 13.5. The molecule has 1 atom stereocenters. The Bertz CT molecular complexity index is 559. The van der Waals surface area contributed by atoms with Crippen LogP contribution in [0, 0.1) is 6.92 Å². The first kappa shape index (κ1) is 11.2. The highest BCUT2D eigenvalue weighted by Crippen LogP contribution is 2.27. The summed E-state index contributed by atoms with van der Waals surface area (Å²) in [6.07, 6.45) is 0.938. The number of hydrogen-bond donors (Lipinski definition) is 1. The van der Waals surface area contributed by atoms with E-state index in [1.165, 1.54) is 0 Å². The van der Waals surface area contributed by atoms with Crippen LogP contribution < -0.4 is 0 Å². The molecule has 1 N–H and O–H groups in total. The third kappa shape index (κ3) is 1.97. The molecule has 1 saturated heterocycles. The molecule has 2 heterocycles. The van der Waals surface area contributed by atoms with E-state index in [0.717, 1.165) is 24.2 Å². The molecular weight excluding hydrogens is 232 g/mol. The standard InChI is InChI=1S/C13H14N2O3/c1-8-6-9(2-3-11(8)16)13-14-12(15-18-13)10-4-5-17-7-10/h2-3,6,10,16H,4-5,7H2,1H3. The number of aryl methyl sites for hydroxylation is 1. The largest absolute Gasteiger partial charge is 0.508 e. The molecule has 0 saturated carbocycles. The lowest BCUT2D eigenvalue weighted by Gasteiger charge is -2.00. The average Bonchev–Trinajstić information content (AvgIpc) is 3.01. The van der Waals surface area contributed by atoms with E-state index in [-0.39, 0.29) is 11.7 Å². The van der Waals surface area contributed by atoms with Gasteiger partial charge < -0.3 is 14.4 Å². The van der Waals surface area contributed by atoms with Crippen molar-refractivity contribution in [2.75, 3.05) is 13.2 Å². The first-order valence-electron chi connectivity index (χ1n) is 5.95. The van der Waals surface area contributed by atoms with Crippen molar-refractivity contribution in [1.82, 2.24) is 10.1 Å². The molecule has 94 valence electrons. The van der Waals surface area contributed by atoms with Crippen LogP contribution in [0.1, 0.15) is 23.7 Å². The number of phenols is 1. The van der Waals surface area contributed by atoms with E-state index >= 15 is 0 Å². The van der Waals surface area contributed by atoms with Gasteiger partial charge >= 0.3 is 0 Å². The first-order valence-corrected chi connectivity index (χ1v) is 5.95. The van der Waals surface area contributed by atoms with Gasteiger partial charge in [-0.05, 0) is 37.1 Å². The predicted octanol–water partition coefficient (Wildman–Crippen LogP) is 2.25. The van der Waals surface area contributed by atoms with Crippen molar-refractivity contribution in [1.29, 1.82) is 0 Å². The lowest BCUT2D eigenvalue weighted by atomic mass is 10.1. The van der Waals surface area contributed by atoms with Crippen LogP contribution in [-0.2, 0) is 4.74 Å². The van der Waals surface area contributed by atoms with Crippen molar-refractivity contribution >= 4 is 0 Å². The molecule has 0 radical (unpaired) electrons. The third-order valence-corrected chi connectivity index (χ3v) is 3.18. The Balaban J connectivity index is 1.89. The van der Waals surface area contributed by atoms with E-state index in [4.69, 9.17) is 9.26 Å². The normalized spacial score (nSPS) is 19.3. The van der Waals surface area contributed by atoms with Crippen molar-refractivity contribution in [2.24, 2.45) is 0 Å². The van der Waals surface area contributed by atoms with Crippen LogP contribution in [0.4, 0.5) is 0 Å². The van der Waals surface area contributed by atoms with Gasteiger partial charge in [-0.1, -0.05) is 5.16 Å². The number of benzene rings is 1. The van der Waals surface area contributed by atoms with Gasteiger partial charge in [0.15, 0.2) is 5.82 Å². The molecule has 0 amide bonds. The van der Waals surface area contributed by atoms with Crippen LogP contribution in [0.25, 0.3) is 11.5 Å². The minimum atomic E-state index is 0.237. The van der Waals surface area contributed by atoms with E-state index in [1.807, 2.05) is 13.0 Å². The fourth-order valence-electron chi connectivity index (χ4n) is 2.04. The van der Waals surface area contributed by atoms with Gasteiger partial charge in [-0.15, -0.1) is 0 Å². The van der Waals surface area contributed by atoms with Crippen LogP contribution in [0.15, 0.2) is 22.7 Å². The maximum Gasteiger partial charge on any atom is 0.257 e. The Morgan fingerprint density at radius 1 is 1.39 bits per heavy atom. The molecule has 0 spiro atoms. The molecule has 3 rings (SSSR count). The average molecular weight is 246 g/mol. The number of nitrogens with zero attached hydrogens (tertiary/aromatic N) is 2. The Morgan fingerprint density at radius 3 is 3.00 bits per heavy atom. The highest BCUT2D eigenvalue weighted by Gasteiger charge is 2.23. The van der Waals surface area contributed by atoms with Gasteiger partial charge in [0, 0.05) is 18.1 Å². The molecule has 2 aromatic rings. The van der Waals surface area contributed by atoms with Gasteiger partial charge in [0.1, 0.15) is 5.75 Å². The van der Waals surface area contributed by atoms with Crippen molar-refractivity contribution in [3.63, 3.8) is 0 Å². The molecule has 0 aliphatic carbocycles. The van der Waals surface area contributed by atoms with Crippen LogP contribution in [-0.4, -0.2) is 28.5 Å². The second kappa shape index (κ2) is 4.42. The monoisotopic (exact) mass is 246 g/mol. The van der Waals surface area contributed by atoms with Crippen molar-refractivity contribution < 1.29 is 14.4 Å². The minimum absolute atomic E-state index is 0.237. The van der Waals surface area contributed by atoms with Gasteiger partial charge in [0.25, 0.3) is 5.89 Å². The van der Waals surface area contributed by atoms with Gasteiger partial charge in [0.2, 0.25) is 0 Å². The molecule has 1 aromatic heterocycles. The first-order chi connectivity index (χ1) is 8.74. The zero-order valence-electron chi connectivity index (χ0n) is 10.1. The summed E-state index contributed by atoms with van der Waals surface area (Å²) < 4.78 is 10.6. The van der Waals surface area contributed by atoms with E-state index in [2.05, 4.69) is 10.1 Å². The van der Waals surface area contributed by atoms with Gasteiger partial charge in [0.05, 0.1) is 6.61 Å². The molecule has 18 heavy (non-hydrogen) atoms. The minimum Gasteiger partial charge on any atom is -0.508 e. The predicted molar refractivity (Wildman–Crippen MR) is 64.3 cm³/mol. The summed E-state index contributed by atoms with van der Waals surface area (Å²) in [5.41, 5.74) is 1.61. The fraction of sp³-hybridized carbons (Fsp3) is 0.385. The maximum atomic E-state index is 9.49. The third-order valence-electron chi connectivity index (χ3n) is 3.18. The second-order valence-electron chi connectivity index (χ2n) is 4.52. The lowest BCUT2D eigenvalue weighted by molar-refractivity contribution is 0.192. The SMILES string of the molecule is Cc1cc(-c2nc(C3CCOC3)no2)ccc1O. The molecule has 5 heteroatoms. The molecule has 1 aromatic carbocycles. The summed E-state index contributed by atoms with van der Waals surface area (Å²) in [6, 6.07) is 5.23. The lowest BCUT2D eigenvalue weighted by Crippen LogP contribution is -1.99. The molecule has 1 aliphatic heterocycles. The highest BCUT2D eigenvalue weighted by atomic mass is 16.5. The van der Waals surface area contributed by atoms with Gasteiger partial charge in [-0.2, -0.15) is 4.98 Å². The summed E-state index contributed by atoms with van der Waals surface area (Å²) in [6.45, 7) is 3.25. The molecule has 5 nitrogen and oxygen atoms in total. The zero-order valence-corrected chi connectivity index (χ0v) is 10.1. The summed E-state index contributed by atoms with van der Waals surface area (Å²) in [7, 11) is 0. The number of rotatable bonds is 2. The Hall–Kier alpha value is -1.88.